The van der Waals surface area contributed by atoms with Gasteiger partial charge in [-0.25, -0.2) is 9.59 Å². The molecule has 2 aromatic carbocycles. The number of para-hydroxylation sites is 1. The molecule has 2 aliphatic rings. The first-order valence-electron chi connectivity index (χ1n) is 11.1. The number of ether oxygens (including phenoxy) is 4. The standard InChI is InChI=1S/C24H26O11/c25-11-17-19(27)20(28)21(29)24(35-17)34-16-8-3-7-14(18(16)26)22(30)32-10-4-9-15-12-5-1-2-6-13(12)23(31)33-15/h1-3,5-8,15,17,19-21,24-29H,4,9-11H2/t15-,17-,19-,20-,21-,24-/m0/s1. The molecule has 11 nitrogen and oxygen atoms in total. The maximum atomic E-state index is 12.5. The molecule has 188 valence electrons. The number of aliphatic hydroxyl groups excluding tert-OH is 4. The van der Waals surface area contributed by atoms with Gasteiger partial charge in [-0.05, 0) is 31.0 Å². The Morgan fingerprint density at radius 1 is 1.00 bits per heavy atom. The number of phenols is 1. The number of aromatic hydroxyl groups is 1. The highest BCUT2D eigenvalue weighted by atomic mass is 16.7. The van der Waals surface area contributed by atoms with E-state index in [1.54, 1.807) is 12.1 Å². The molecule has 0 spiro atoms. The summed E-state index contributed by atoms with van der Waals surface area (Å²) >= 11 is 0. The van der Waals surface area contributed by atoms with Gasteiger partial charge in [-0.2, -0.15) is 0 Å². The molecule has 2 aliphatic heterocycles. The second-order valence-electron chi connectivity index (χ2n) is 8.23. The quantitative estimate of drug-likeness (QED) is 0.256. The van der Waals surface area contributed by atoms with Crippen LogP contribution >= 0.6 is 0 Å². The third-order valence-corrected chi connectivity index (χ3v) is 5.93. The van der Waals surface area contributed by atoms with E-state index in [-0.39, 0.29) is 23.9 Å². The average molecular weight is 490 g/mol. The summed E-state index contributed by atoms with van der Waals surface area (Å²) < 4.78 is 21.3. The lowest BCUT2D eigenvalue weighted by Crippen LogP contribution is -2.60. The van der Waals surface area contributed by atoms with Crippen molar-refractivity contribution in [2.24, 2.45) is 0 Å². The summed E-state index contributed by atoms with van der Waals surface area (Å²) in [6.07, 6.45) is -7.20. The number of benzene rings is 2. The molecule has 0 aromatic heterocycles. The number of aliphatic hydroxyl groups is 4. The summed E-state index contributed by atoms with van der Waals surface area (Å²) in [6, 6.07) is 11.1. The Morgan fingerprint density at radius 3 is 2.54 bits per heavy atom. The predicted octanol–water partition coefficient (Wildman–Crippen LogP) is 0.420. The molecule has 6 atom stereocenters. The average Bonchev–Trinajstić information content (AvgIpc) is 3.18. The fourth-order valence-electron chi connectivity index (χ4n) is 4.02. The van der Waals surface area contributed by atoms with Crippen molar-refractivity contribution in [3.05, 3.63) is 59.2 Å². The summed E-state index contributed by atoms with van der Waals surface area (Å²) in [6.45, 7) is -0.638. The van der Waals surface area contributed by atoms with Gasteiger partial charge in [-0.3, -0.25) is 0 Å². The van der Waals surface area contributed by atoms with Gasteiger partial charge in [0.25, 0.3) is 0 Å². The van der Waals surface area contributed by atoms with Gasteiger partial charge in [0.05, 0.1) is 18.8 Å². The Labute approximate surface area is 200 Å². The molecule has 4 rings (SSSR count). The number of phenolic OH excluding ortho intramolecular Hbond substituents is 1. The molecule has 35 heavy (non-hydrogen) atoms. The van der Waals surface area contributed by atoms with Crippen molar-refractivity contribution in [3.8, 4) is 11.5 Å². The minimum atomic E-state index is -1.68. The molecule has 1 fully saturated rings. The number of esters is 2. The zero-order valence-electron chi connectivity index (χ0n) is 18.5. The fraction of sp³-hybridized carbons (Fsp3) is 0.417. The minimum Gasteiger partial charge on any atom is -0.504 e. The Bertz CT molecular complexity index is 1070. The van der Waals surface area contributed by atoms with Crippen LogP contribution in [0.2, 0.25) is 0 Å². The van der Waals surface area contributed by atoms with Gasteiger partial charge < -0.3 is 44.5 Å². The van der Waals surface area contributed by atoms with E-state index in [1.165, 1.54) is 18.2 Å². The lowest BCUT2D eigenvalue weighted by molar-refractivity contribution is -0.277. The largest absolute Gasteiger partial charge is 0.504 e. The molecule has 0 amide bonds. The zero-order valence-corrected chi connectivity index (χ0v) is 18.5. The molecular weight excluding hydrogens is 464 g/mol. The van der Waals surface area contributed by atoms with Gasteiger partial charge >= 0.3 is 11.9 Å². The number of cyclic esters (lactones) is 1. The summed E-state index contributed by atoms with van der Waals surface area (Å²) in [5.41, 5.74) is 1.11. The minimum absolute atomic E-state index is 0.00624. The van der Waals surface area contributed by atoms with Gasteiger partial charge in [-0.15, -0.1) is 0 Å². The SMILES string of the molecule is O=C1O[C@@H](CCCOC(=O)c2cccc(O[C@H]3O[C@@H](CO)[C@H](O)[C@H](O)[C@@H]3O)c2O)c2ccccc21. The van der Waals surface area contributed by atoms with Crippen molar-refractivity contribution >= 4 is 11.9 Å². The van der Waals surface area contributed by atoms with Gasteiger partial charge in [0.15, 0.2) is 11.5 Å². The molecule has 1 saturated heterocycles. The highest BCUT2D eigenvalue weighted by molar-refractivity contribution is 5.94. The third kappa shape index (κ3) is 5.09. The summed E-state index contributed by atoms with van der Waals surface area (Å²) in [5, 5.41) is 49.7. The number of rotatable bonds is 8. The molecule has 0 bridgehead atoms. The number of hydrogen-bond acceptors (Lipinski definition) is 11. The summed E-state index contributed by atoms with van der Waals surface area (Å²) in [5.74, 6) is -2.03. The van der Waals surface area contributed by atoms with E-state index >= 15 is 0 Å². The number of carbonyl (C=O) groups excluding carboxylic acids is 2. The van der Waals surface area contributed by atoms with Crippen LogP contribution < -0.4 is 4.74 Å². The Balaban J connectivity index is 1.33. The van der Waals surface area contributed by atoms with E-state index in [1.807, 2.05) is 12.1 Å². The second-order valence-corrected chi connectivity index (χ2v) is 8.23. The number of hydrogen-bond donors (Lipinski definition) is 5. The Kier molecular flexibility index (Phi) is 7.53. The van der Waals surface area contributed by atoms with Crippen LogP contribution in [0.15, 0.2) is 42.5 Å². The van der Waals surface area contributed by atoms with Crippen LogP contribution in [-0.2, 0) is 14.2 Å². The highest BCUT2D eigenvalue weighted by Gasteiger charge is 2.45. The fourth-order valence-corrected chi connectivity index (χ4v) is 4.02. The second kappa shape index (κ2) is 10.6. The summed E-state index contributed by atoms with van der Waals surface area (Å²) in [4.78, 5) is 24.4. The molecule has 0 saturated carbocycles. The van der Waals surface area contributed by atoms with Crippen LogP contribution in [0.1, 0.15) is 45.2 Å². The van der Waals surface area contributed by atoms with Crippen molar-refractivity contribution in [1.29, 1.82) is 0 Å². The Morgan fingerprint density at radius 2 is 1.77 bits per heavy atom. The van der Waals surface area contributed by atoms with E-state index in [2.05, 4.69) is 0 Å². The first-order chi connectivity index (χ1) is 16.8. The topological polar surface area (TPSA) is 172 Å². The van der Waals surface area contributed by atoms with E-state index in [4.69, 9.17) is 18.9 Å². The van der Waals surface area contributed by atoms with Crippen molar-refractivity contribution in [1.82, 2.24) is 0 Å². The molecule has 2 heterocycles. The normalized spacial score (nSPS) is 27.7. The third-order valence-electron chi connectivity index (χ3n) is 5.93. The molecular formula is C24H26O11. The van der Waals surface area contributed by atoms with Crippen LogP contribution in [0.3, 0.4) is 0 Å². The number of fused-ring (bicyclic) bond motifs is 1. The van der Waals surface area contributed by atoms with E-state index in [0.29, 0.717) is 18.4 Å². The van der Waals surface area contributed by atoms with Crippen LogP contribution in [0, 0.1) is 0 Å². The van der Waals surface area contributed by atoms with Gasteiger partial charge in [0.1, 0.15) is 36.1 Å². The molecule has 2 aromatic rings. The molecule has 0 unspecified atom stereocenters. The number of carbonyl (C=O) groups is 2. The smallest absolute Gasteiger partial charge is 0.342 e. The van der Waals surface area contributed by atoms with Crippen molar-refractivity contribution < 1.29 is 54.1 Å². The monoisotopic (exact) mass is 490 g/mol. The van der Waals surface area contributed by atoms with E-state index < -0.39 is 55.1 Å². The first-order valence-corrected chi connectivity index (χ1v) is 11.1. The Hall–Kier alpha value is -3.22. The lowest BCUT2D eigenvalue weighted by atomic mass is 9.99. The molecule has 0 aliphatic carbocycles. The van der Waals surface area contributed by atoms with Crippen LogP contribution in [0.4, 0.5) is 0 Å². The lowest BCUT2D eigenvalue weighted by Gasteiger charge is -2.39. The van der Waals surface area contributed by atoms with Crippen molar-refractivity contribution in [2.75, 3.05) is 13.2 Å². The van der Waals surface area contributed by atoms with Crippen LogP contribution in [-0.4, -0.2) is 81.4 Å². The highest BCUT2D eigenvalue weighted by Crippen LogP contribution is 2.35. The van der Waals surface area contributed by atoms with E-state index in [9.17, 15) is 35.1 Å². The molecule has 5 N–H and O–H groups in total. The zero-order chi connectivity index (χ0) is 25.1. The molecule has 11 heteroatoms. The van der Waals surface area contributed by atoms with Crippen LogP contribution in [0.25, 0.3) is 0 Å². The maximum Gasteiger partial charge on any atom is 0.342 e. The van der Waals surface area contributed by atoms with Gasteiger partial charge in [0, 0.05) is 5.56 Å². The van der Waals surface area contributed by atoms with Gasteiger partial charge in [0.2, 0.25) is 6.29 Å². The molecule has 0 radical (unpaired) electrons. The van der Waals surface area contributed by atoms with Crippen molar-refractivity contribution in [2.45, 2.75) is 49.7 Å². The summed E-state index contributed by atoms with van der Waals surface area (Å²) in [7, 11) is 0. The van der Waals surface area contributed by atoms with E-state index in [0.717, 1.165) is 5.56 Å². The van der Waals surface area contributed by atoms with Gasteiger partial charge in [-0.1, -0.05) is 24.3 Å². The van der Waals surface area contributed by atoms with Crippen LogP contribution in [0.5, 0.6) is 11.5 Å². The maximum absolute atomic E-state index is 12.5. The van der Waals surface area contributed by atoms with Crippen molar-refractivity contribution in [3.63, 3.8) is 0 Å². The first kappa shape index (κ1) is 24.9. The predicted molar refractivity (Wildman–Crippen MR) is 117 cm³/mol.